The second-order valence-corrected chi connectivity index (χ2v) is 6.07. The number of anilines is 1. The number of rotatable bonds is 1. The Labute approximate surface area is 111 Å². The molecule has 0 spiro atoms. The third-order valence-electron chi connectivity index (χ3n) is 3.41. The molecule has 1 aliphatic rings. The largest absolute Gasteiger partial charge is 0.320 e. The zero-order valence-electron chi connectivity index (χ0n) is 12.1. The standard InChI is InChI=1S/C17H23N/c1-13-9-8-10-14(2)16(13)18-12-7-6-11-15(18)17(3,4)5/h7-12H,6H2,1-5H3. The van der Waals surface area contributed by atoms with Crippen LogP contribution in [0.25, 0.3) is 0 Å². The van der Waals surface area contributed by atoms with Crippen molar-refractivity contribution in [3.05, 3.63) is 53.4 Å². The number of para-hydroxylation sites is 1. The predicted octanol–water partition coefficient (Wildman–Crippen LogP) is 4.96. The summed E-state index contributed by atoms with van der Waals surface area (Å²) in [7, 11) is 0. The predicted molar refractivity (Wildman–Crippen MR) is 79.7 cm³/mol. The molecule has 0 aliphatic carbocycles. The molecule has 0 saturated heterocycles. The number of benzene rings is 1. The Morgan fingerprint density at radius 2 is 1.67 bits per heavy atom. The van der Waals surface area contributed by atoms with Crippen LogP contribution in [0.15, 0.2) is 42.2 Å². The summed E-state index contributed by atoms with van der Waals surface area (Å²) in [6.45, 7) is 11.2. The molecular formula is C17H23N. The molecule has 18 heavy (non-hydrogen) atoms. The molecular weight excluding hydrogens is 218 g/mol. The first-order valence-electron chi connectivity index (χ1n) is 6.64. The highest BCUT2D eigenvalue weighted by Gasteiger charge is 2.25. The molecule has 0 aromatic heterocycles. The van der Waals surface area contributed by atoms with E-state index in [1.54, 1.807) is 0 Å². The van der Waals surface area contributed by atoms with Crippen LogP contribution in [-0.4, -0.2) is 0 Å². The molecule has 0 N–H and O–H groups in total. The van der Waals surface area contributed by atoms with E-state index < -0.39 is 0 Å². The SMILES string of the molecule is Cc1cccc(C)c1N1C=CCC=C1C(C)(C)C. The Balaban J connectivity index is 2.52. The van der Waals surface area contributed by atoms with Gasteiger partial charge in [0.2, 0.25) is 0 Å². The second kappa shape index (κ2) is 4.64. The van der Waals surface area contributed by atoms with E-state index in [0.717, 1.165) is 6.42 Å². The Hall–Kier alpha value is -1.50. The summed E-state index contributed by atoms with van der Waals surface area (Å²) in [5, 5.41) is 0. The van der Waals surface area contributed by atoms with Gasteiger partial charge in [-0.1, -0.05) is 51.1 Å². The van der Waals surface area contributed by atoms with Crippen molar-refractivity contribution < 1.29 is 0 Å². The zero-order valence-corrected chi connectivity index (χ0v) is 12.1. The fourth-order valence-corrected chi connectivity index (χ4v) is 2.57. The lowest BCUT2D eigenvalue weighted by Crippen LogP contribution is -2.28. The topological polar surface area (TPSA) is 3.24 Å². The van der Waals surface area contributed by atoms with Crippen molar-refractivity contribution in [2.75, 3.05) is 4.90 Å². The number of aryl methyl sites for hydroxylation is 2. The number of hydrogen-bond acceptors (Lipinski definition) is 1. The van der Waals surface area contributed by atoms with Gasteiger partial charge in [-0.05, 0) is 31.4 Å². The van der Waals surface area contributed by atoms with Gasteiger partial charge in [-0.15, -0.1) is 0 Å². The monoisotopic (exact) mass is 241 g/mol. The van der Waals surface area contributed by atoms with Gasteiger partial charge >= 0.3 is 0 Å². The maximum absolute atomic E-state index is 2.36. The lowest BCUT2D eigenvalue weighted by molar-refractivity contribution is 0.489. The second-order valence-electron chi connectivity index (χ2n) is 6.07. The van der Waals surface area contributed by atoms with Crippen LogP contribution < -0.4 is 4.90 Å². The van der Waals surface area contributed by atoms with Crippen LogP contribution in [0.4, 0.5) is 5.69 Å². The zero-order chi connectivity index (χ0) is 13.3. The van der Waals surface area contributed by atoms with Crippen LogP contribution in [0.2, 0.25) is 0 Å². The van der Waals surface area contributed by atoms with E-state index >= 15 is 0 Å². The first-order chi connectivity index (χ1) is 8.41. The molecule has 0 amide bonds. The highest BCUT2D eigenvalue weighted by Crippen LogP contribution is 2.37. The van der Waals surface area contributed by atoms with Gasteiger partial charge in [-0.3, -0.25) is 0 Å². The van der Waals surface area contributed by atoms with Gasteiger partial charge < -0.3 is 4.90 Å². The van der Waals surface area contributed by atoms with Crippen LogP contribution in [-0.2, 0) is 0 Å². The molecule has 96 valence electrons. The molecule has 1 aliphatic heterocycles. The average molecular weight is 241 g/mol. The highest BCUT2D eigenvalue weighted by atomic mass is 15.1. The van der Waals surface area contributed by atoms with Gasteiger partial charge in [0.1, 0.15) is 0 Å². The van der Waals surface area contributed by atoms with Crippen LogP contribution in [0.1, 0.15) is 38.3 Å². The molecule has 1 aromatic rings. The lowest BCUT2D eigenvalue weighted by Gasteiger charge is -2.36. The van der Waals surface area contributed by atoms with Crippen LogP contribution >= 0.6 is 0 Å². The molecule has 0 saturated carbocycles. The third-order valence-corrected chi connectivity index (χ3v) is 3.41. The van der Waals surface area contributed by atoms with E-state index in [1.807, 2.05) is 0 Å². The maximum atomic E-state index is 2.36. The van der Waals surface area contributed by atoms with E-state index in [9.17, 15) is 0 Å². The molecule has 0 bridgehead atoms. The summed E-state index contributed by atoms with van der Waals surface area (Å²) < 4.78 is 0. The van der Waals surface area contributed by atoms with Crippen molar-refractivity contribution in [1.82, 2.24) is 0 Å². The fourth-order valence-electron chi connectivity index (χ4n) is 2.57. The van der Waals surface area contributed by atoms with Crippen molar-refractivity contribution in [3.8, 4) is 0 Å². The summed E-state index contributed by atoms with van der Waals surface area (Å²) in [6, 6.07) is 6.50. The van der Waals surface area contributed by atoms with E-state index in [0.29, 0.717) is 0 Å². The summed E-state index contributed by atoms with van der Waals surface area (Å²) in [5.74, 6) is 0. The molecule has 0 unspecified atom stereocenters. The molecule has 1 heterocycles. The molecule has 1 heteroatoms. The molecule has 0 fully saturated rings. The summed E-state index contributed by atoms with van der Waals surface area (Å²) >= 11 is 0. The summed E-state index contributed by atoms with van der Waals surface area (Å²) in [4.78, 5) is 2.36. The van der Waals surface area contributed by atoms with Gasteiger partial charge in [0, 0.05) is 17.3 Å². The highest BCUT2D eigenvalue weighted by molar-refractivity contribution is 5.65. The Morgan fingerprint density at radius 1 is 1.06 bits per heavy atom. The Morgan fingerprint density at radius 3 is 2.22 bits per heavy atom. The summed E-state index contributed by atoms with van der Waals surface area (Å²) in [6.07, 6.45) is 7.82. The van der Waals surface area contributed by atoms with Crippen molar-refractivity contribution >= 4 is 5.69 Å². The molecule has 1 nitrogen and oxygen atoms in total. The minimum absolute atomic E-state index is 0.166. The molecule has 0 atom stereocenters. The Bertz CT molecular complexity index is 481. The number of allylic oxidation sites excluding steroid dienone is 3. The van der Waals surface area contributed by atoms with Crippen LogP contribution in [0.3, 0.4) is 0 Å². The average Bonchev–Trinajstić information content (AvgIpc) is 2.28. The van der Waals surface area contributed by atoms with Crippen molar-refractivity contribution in [2.24, 2.45) is 5.41 Å². The van der Waals surface area contributed by atoms with E-state index in [2.05, 4.69) is 76.1 Å². The smallest absolute Gasteiger partial charge is 0.0510 e. The van der Waals surface area contributed by atoms with Crippen molar-refractivity contribution in [1.29, 1.82) is 0 Å². The van der Waals surface area contributed by atoms with Crippen molar-refractivity contribution in [2.45, 2.75) is 41.0 Å². The fraction of sp³-hybridized carbons (Fsp3) is 0.412. The van der Waals surface area contributed by atoms with E-state index in [-0.39, 0.29) is 5.41 Å². The van der Waals surface area contributed by atoms with Gasteiger partial charge in [0.15, 0.2) is 0 Å². The summed E-state index contributed by atoms with van der Waals surface area (Å²) in [5.41, 5.74) is 5.55. The van der Waals surface area contributed by atoms with Gasteiger partial charge in [0.05, 0.1) is 5.69 Å². The maximum Gasteiger partial charge on any atom is 0.0510 e. The van der Waals surface area contributed by atoms with Gasteiger partial charge in [-0.25, -0.2) is 0 Å². The first-order valence-corrected chi connectivity index (χ1v) is 6.64. The van der Waals surface area contributed by atoms with Gasteiger partial charge in [-0.2, -0.15) is 0 Å². The minimum atomic E-state index is 0.166. The van der Waals surface area contributed by atoms with E-state index in [4.69, 9.17) is 0 Å². The van der Waals surface area contributed by atoms with Crippen LogP contribution in [0, 0.1) is 19.3 Å². The molecule has 0 radical (unpaired) electrons. The molecule has 2 rings (SSSR count). The normalized spacial score (nSPS) is 15.8. The van der Waals surface area contributed by atoms with Crippen molar-refractivity contribution in [3.63, 3.8) is 0 Å². The number of hydrogen-bond donors (Lipinski definition) is 0. The van der Waals surface area contributed by atoms with E-state index in [1.165, 1.54) is 22.5 Å². The molecule has 1 aromatic carbocycles. The first kappa shape index (κ1) is 12.9. The number of nitrogens with zero attached hydrogens (tertiary/aromatic N) is 1. The quantitative estimate of drug-likeness (QED) is 0.672. The minimum Gasteiger partial charge on any atom is -0.320 e. The van der Waals surface area contributed by atoms with Gasteiger partial charge in [0.25, 0.3) is 0 Å². The Kier molecular flexibility index (Phi) is 3.34. The third kappa shape index (κ3) is 2.35. The lowest BCUT2D eigenvalue weighted by atomic mass is 9.88. The van der Waals surface area contributed by atoms with Crippen LogP contribution in [0.5, 0.6) is 0 Å².